The van der Waals surface area contributed by atoms with Crippen LogP contribution in [-0.2, 0) is 11.3 Å². The first-order valence-corrected chi connectivity index (χ1v) is 5.00. The predicted molar refractivity (Wildman–Crippen MR) is 63.8 cm³/mol. The summed E-state index contributed by atoms with van der Waals surface area (Å²) in [5, 5.41) is 7.15. The minimum absolute atomic E-state index is 0. The normalized spacial score (nSPS) is 16.2. The van der Waals surface area contributed by atoms with Crippen molar-refractivity contribution in [2.24, 2.45) is 5.16 Å². The van der Waals surface area contributed by atoms with E-state index in [9.17, 15) is 0 Å². The van der Waals surface area contributed by atoms with Crippen LogP contribution in [0.5, 0.6) is 0 Å². The SMILES string of the molecule is C/C(Cc1ncccn1)=N\OC1CNC1.Cl. The lowest BCUT2D eigenvalue weighted by Gasteiger charge is -2.24. The third-order valence-corrected chi connectivity index (χ3v) is 2.13. The Balaban J connectivity index is 0.00000128. The highest BCUT2D eigenvalue weighted by atomic mass is 35.5. The van der Waals surface area contributed by atoms with Gasteiger partial charge in [-0.05, 0) is 13.0 Å². The lowest BCUT2D eigenvalue weighted by Crippen LogP contribution is -2.47. The van der Waals surface area contributed by atoms with Crippen molar-refractivity contribution < 1.29 is 4.84 Å². The first-order chi connectivity index (χ1) is 7.34. The average Bonchev–Trinajstić information content (AvgIpc) is 2.17. The van der Waals surface area contributed by atoms with Crippen LogP contribution in [0.4, 0.5) is 0 Å². The summed E-state index contributed by atoms with van der Waals surface area (Å²) < 4.78 is 0. The molecule has 1 N–H and O–H groups in total. The number of rotatable bonds is 4. The summed E-state index contributed by atoms with van der Waals surface area (Å²) in [6.07, 6.45) is 4.33. The molecule has 2 rings (SSSR count). The van der Waals surface area contributed by atoms with Gasteiger partial charge in [-0.2, -0.15) is 0 Å². The molecule has 0 unspecified atom stereocenters. The van der Waals surface area contributed by atoms with E-state index in [0.717, 1.165) is 24.6 Å². The number of hydrogen-bond acceptors (Lipinski definition) is 5. The molecule has 0 saturated carbocycles. The Morgan fingerprint density at radius 2 is 2.19 bits per heavy atom. The fourth-order valence-electron chi connectivity index (χ4n) is 1.18. The number of halogens is 1. The molecule has 0 bridgehead atoms. The minimum atomic E-state index is 0. The smallest absolute Gasteiger partial charge is 0.152 e. The lowest BCUT2D eigenvalue weighted by molar-refractivity contribution is 0.0227. The van der Waals surface area contributed by atoms with Gasteiger partial charge in [0.2, 0.25) is 0 Å². The lowest BCUT2D eigenvalue weighted by atomic mass is 10.2. The van der Waals surface area contributed by atoms with E-state index in [2.05, 4.69) is 20.4 Å². The third-order valence-electron chi connectivity index (χ3n) is 2.13. The highest BCUT2D eigenvalue weighted by Gasteiger charge is 2.17. The molecule has 1 fully saturated rings. The molecule has 0 atom stereocenters. The van der Waals surface area contributed by atoms with Gasteiger partial charge in [0.15, 0.2) is 6.10 Å². The zero-order chi connectivity index (χ0) is 10.5. The molecule has 88 valence electrons. The van der Waals surface area contributed by atoms with Gasteiger partial charge in [0.25, 0.3) is 0 Å². The summed E-state index contributed by atoms with van der Waals surface area (Å²) >= 11 is 0. The molecule has 1 aromatic heterocycles. The van der Waals surface area contributed by atoms with Gasteiger partial charge in [0.05, 0.1) is 5.71 Å². The van der Waals surface area contributed by atoms with Crippen LogP contribution >= 0.6 is 12.4 Å². The number of oxime groups is 1. The summed E-state index contributed by atoms with van der Waals surface area (Å²) in [7, 11) is 0. The Labute approximate surface area is 101 Å². The van der Waals surface area contributed by atoms with E-state index >= 15 is 0 Å². The van der Waals surface area contributed by atoms with Gasteiger partial charge in [-0.15, -0.1) is 12.4 Å². The Morgan fingerprint density at radius 3 is 2.75 bits per heavy atom. The summed E-state index contributed by atoms with van der Waals surface area (Å²) in [5.74, 6) is 0.772. The zero-order valence-electron chi connectivity index (χ0n) is 9.09. The van der Waals surface area contributed by atoms with Crippen molar-refractivity contribution in [1.82, 2.24) is 15.3 Å². The predicted octanol–water partition coefficient (Wildman–Crippen LogP) is 0.805. The molecular formula is C10H15ClN4O. The number of hydrogen-bond donors (Lipinski definition) is 1. The molecule has 0 spiro atoms. The summed E-state index contributed by atoms with van der Waals surface area (Å²) in [6, 6.07) is 1.80. The maximum absolute atomic E-state index is 5.28. The molecule has 6 heteroatoms. The van der Waals surface area contributed by atoms with Crippen LogP contribution in [-0.4, -0.2) is 34.9 Å². The second-order valence-electron chi connectivity index (χ2n) is 3.55. The molecule has 2 heterocycles. The fraction of sp³-hybridized carbons (Fsp3) is 0.500. The van der Waals surface area contributed by atoms with Gasteiger partial charge in [-0.25, -0.2) is 9.97 Å². The van der Waals surface area contributed by atoms with Crippen LogP contribution < -0.4 is 5.32 Å². The monoisotopic (exact) mass is 242 g/mol. The molecule has 16 heavy (non-hydrogen) atoms. The zero-order valence-corrected chi connectivity index (χ0v) is 9.91. The topological polar surface area (TPSA) is 59.4 Å². The van der Waals surface area contributed by atoms with Crippen LogP contribution in [0.15, 0.2) is 23.6 Å². The summed E-state index contributed by atoms with van der Waals surface area (Å²) in [5.41, 5.74) is 0.896. The van der Waals surface area contributed by atoms with Crippen molar-refractivity contribution >= 4 is 18.1 Å². The standard InChI is InChI=1S/C10H14N4O.ClH/c1-8(14-15-9-6-11-7-9)5-10-12-3-2-4-13-10;/h2-4,9,11H,5-7H2,1H3;1H/b14-8+;. The van der Waals surface area contributed by atoms with Crippen LogP contribution in [0.1, 0.15) is 12.7 Å². The molecule has 0 aromatic carbocycles. The van der Waals surface area contributed by atoms with Crippen molar-refractivity contribution in [3.05, 3.63) is 24.3 Å². The quantitative estimate of drug-likeness (QED) is 0.627. The number of nitrogens with one attached hydrogen (secondary N) is 1. The average molecular weight is 243 g/mol. The summed E-state index contributed by atoms with van der Waals surface area (Å²) in [6.45, 7) is 3.69. The maximum atomic E-state index is 5.28. The Morgan fingerprint density at radius 1 is 1.50 bits per heavy atom. The third kappa shape index (κ3) is 3.75. The van der Waals surface area contributed by atoms with E-state index in [-0.39, 0.29) is 18.5 Å². The Kier molecular flexibility index (Phi) is 5.14. The van der Waals surface area contributed by atoms with E-state index in [1.165, 1.54) is 0 Å². The second kappa shape index (κ2) is 6.40. The summed E-state index contributed by atoms with van der Waals surface area (Å²) in [4.78, 5) is 13.5. The van der Waals surface area contributed by atoms with E-state index in [1.807, 2.05) is 6.92 Å². The first-order valence-electron chi connectivity index (χ1n) is 5.00. The van der Waals surface area contributed by atoms with Gasteiger partial charge >= 0.3 is 0 Å². The van der Waals surface area contributed by atoms with Gasteiger partial charge < -0.3 is 10.2 Å². The van der Waals surface area contributed by atoms with Gasteiger partial charge in [-0.3, -0.25) is 0 Å². The number of aromatic nitrogens is 2. The fourth-order valence-corrected chi connectivity index (χ4v) is 1.18. The molecule has 0 amide bonds. The van der Waals surface area contributed by atoms with Crippen molar-refractivity contribution in [3.8, 4) is 0 Å². The first kappa shape index (κ1) is 12.9. The van der Waals surface area contributed by atoms with Crippen LogP contribution in [0.3, 0.4) is 0 Å². The van der Waals surface area contributed by atoms with Gasteiger partial charge in [0.1, 0.15) is 5.82 Å². The van der Waals surface area contributed by atoms with Crippen molar-refractivity contribution in [3.63, 3.8) is 0 Å². The maximum Gasteiger partial charge on any atom is 0.152 e. The molecular weight excluding hydrogens is 228 g/mol. The van der Waals surface area contributed by atoms with Crippen molar-refractivity contribution in [2.75, 3.05) is 13.1 Å². The van der Waals surface area contributed by atoms with Crippen LogP contribution in [0.2, 0.25) is 0 Å². The molecule has 1 aromatic rings. The number of nitrogens with zero attached hydrogens (tertiary/aromatic N) is 3. The second-order valence-corrected chi connectivity index (χ2v) is 3.55. The van der Waals surface area contributed by atoms with E-state index < -0.39 is 0 Å². The van der Waals surface area contributed by atoms with E-state index in [1.54, 1.807) is 18.5 Å². The van der Waals surface area contributed by atoms with Crippen molar-refractivity contribution in [1.29, 1.82) is 0 Å². The largest absolute Gasteiger partial charge is 0.390 e. The molecule has 1 aliphatic heterocycles. The Bertz CT molecular complexity index is 340. The van der Waals surface area contributed by atoms with Crippen LogP contribution in [0, 0.1) is 0 Å². The van der Waals surface area contributed by atoms with Crippen molar-refractivity contribution in [2.45, 2.75) is 19.4 Å². The Hall–Kier alpha value is -1.20. The van der Waals surface area contributed by atoms with E-state index in [0.29, 0.717) is 6.42 Å². The van der Waals surface area contributed by atoms with Gasteiger partial charge in [0, 0.05) is 31.9 Å². The minimum Gasteiger partial charge on any atom is -0.390 e. The van der Waals surface area contributed by atoms with Crippen LogP contribution in [0.25, 0.3) is 0 Å². The van der Waals surface area contributed by atoms with Gasteiger partial charge in [-0.1, -0.05) is 5.16 Å². The highest BCUT2D eigenvalue weighted by Crippen LogP contribution is 2.00. The molecule has 1 aliphatic rings. The molecule has 1 saturated heterocycles. The molecule has 5 nitrogen and oxygen atoms in total. The van der Waals surface area contributed by atoms with E-state index in [4.69, 9.17) is 4.84 Å². The molecule has 0 radical (unpaired) electrons. The highest BCUT2D eigenvalue weighted by molar-refractivity contribution is 5.85. The molecule has 0 aliphatic carbocycles.